The molecule has 0 amide bonds. The highest BCUT2D eigenvalue weighted by Crippen LogP contribution is 2.32. The molecule has 1 atom stereocenters. The first-order chi connectivity index (χ1) is 15.1. The van der Waals surface area contributed by atoms with Gasteiger partial charge in [-0.2, -0.15) is 0 Å². The van der Waals surface area contributed by atoms with Crippen molar-refractivity contribution in [3.63, 3.8) is 0 Å². The van der Waals surface area contributed by atoms with Crippen LogP contribution in [0.5, 0.6) is 0 Å². The molecule has 0 radical (unpaired) electrons. The molecule has 0 heterocycles. The highest BCUT2D eigenvalue weighted by atomic mass is 19.1. The van der Waals surface area contributed by atoms with E-state index >= 15 is 0 Å². The molecule has 0 saturated heterocycles. The van der Waals surface area contributed by atoms with Crippen molar-refractivity contribution in [3.8, 4) is 12.3 Å². The summed E-state index contributed by atoms with van der Waals surface area (Å²) < 4.78 is 27.4. The van der Waals surface area contributed by atoms with E-state index in [1.807, 2.05) is 6.07 Å². The summed E-state index contributed by atoms with van der Waals surface area (Å²) in [7, 11) is 0. The smallest absolute Gasteiger partial charge is 0.146 e. The average molecular weight is 432 g/mol. The minimum Gasteiger partial charge on any atom is -0.353 e. The number of terminal acetylenes is 1. The molecule has 3 aromatic carbocycles. The molecule has 1 unspecified atom stereocenters. The second-order valence-electron chi connectivity index (χ2n) is 9.60. The fourth-order valence-corrected chi connectivity index (χ4v) is 3.80. The third-order valence-electron chi connectivity index (χ3n) is 6.00. The van der Waals surface area contributed by atoms with E-state index in [2.05, 4.69) is 63.2 Å². The first-order valence-corrected chi connectivity index (χ1v) is 11.0. The highest BCUT2D eigenvalue weighted by molar-refractivity contribution is 5.60. The number of aryl methyl sites for hydroxylation is 1. The molecule has 3 heteroatoms. The van der Waals surface area contributed by atoms with Crippen LogP contribution < -0.4 is 5.32 Å². The largest absolute Gasteiger partial charge is 0.353 e. The van der Waals surface area contributed by atoms with Crippen LogP contribution in [0.25, 0.3) is 0 Å². The van der Waals surface area contributed by atoms with Crippen molar-refractivity contribution in [2.45, 2.75) is 57.8 Å². The molecular formula is C29H31F2N. The van der Waals surface area contributed by atoms with Crippen molar-refractivity contribution in [2.24, 2.45) is 0 Å². The Labute approximate surface area is 190 Å². The van der Waals surface area contributed by atoms with E-state index < -0.39 is 0 Å². The van der Waals surface area contributed by atoms with Gasteiger partial charge >= 0.3 is 0 Å². The van der Waals surface area contributed by atoms with Gasteiger partial charge in [0.1, 0.15) is 11.6 Å². The van der Waals surface area contributed by atoms with Gasteiger partial charge in [-0.25, -0.2) is 8.78 Å². The van der Waals surface area contributed by atoms with Crippen LogP contribution in [0, 0.1) is 24.0 Å². The predicted octanol–water partition coefficient (Wildman–Crippen LogP) is 7.92. The summed E-state index contributed by atoms with van der Waals surface area (Å²) in [5, 5.41) is 3.03. The second kappa shape index (κ2) is 9.57. The lowest BCUT2D eigenvalue weighted by molar-refractivity contribution is 0.531. The molecule has 32 heavy (non-hydrogen) atoms. The predicted molar refractivity (Wildman–Crippen MR) is 130 cm³/mol. The molecule has 1 nitrogen and oxygen atoms in total. The van der Waals surface area contributed by atoms with Gasteiger partial charge in [-0.1, -0.05) is 57.0 Å². The number of hydrogen-bond donors (Lipinski definition) is 1. The lowest BCUT2D eigenvalue weighted by Crippen LogP contribution is -2.20. The van der Waals surface area contributed by atoms with Gasteiger partial charge in [0.15, 0.2) is 0 Å². The Morgan fingerprint density at radius 2 is 1.47 bits per heavy atom. The zero-order chi connectivity index (χ0) is 23.4. The summed E-state index contributed by atoms with van der Waals surface area (Å²) >= 11 is 0. The van der Waals surface area contributed by atoms with Crippen LogP contribution in [-0.2, 0) is 17.3 Å². The van der Waals surface area contributed by atoms with Gasteiger partial charge in [-0.3, -0.25) is 0 Å². The van der Waals surface area contributed by atoms with E-state index in [-0.39, 0.29) is 22.5 Å². The van der Waals surface area contributed by atoms with Crippen LogP contribution in [0.15, 0.2) is 66.7 Å². The van der Waals surface area contributed by atoms with E-state index in [0.29, 0.717) is 11.4 Å². The SMILES string of the molecule is C#CC(C)(CCCc1ccc(F)c(Nc2ccc(F)cc2)c1)c1ccc(C(C)(C)C)cc1. The number of rotatable bonds is 7. The maximum Gasteiger partial charge on any atom is 0.146 e. The minimum atomic E-state index is -0.356. The molecule has 0 spiro atoms. The van der Waals surface area contributed by atoms with Gasteiger partial charge < -0.3 is 5.32 Å². The zero-order valence-corrected chi connectivity index (χ0v) is 19.3. The molecule has 0 saturated carbocycles. The standard InChI is InChI=1S/C29H31F2N/c1-6-29(5,23-12-10-22(11-13-23)28(2,3)4)19-7-8-21-9-18-26(31)27(20-21)32-25-16-14-24(30)15-17-25/h1,9-18,20,32H,7-8,19H2,2-5H3. The first-order valence-electron chi connectivity index (χ1n) is 11.0. The lowest BCUT2D eigenvalue weighted by Gasteiger charge is -2.26. The number of halogens is 2. The van der Waals surface area contributed by atoms with Crippen LogP contribution in [0.1, 0.15) is 57.2 Å². The number of hydrogen-bond acceptors (Lipinski definition) is 1. The van der Waals surface area contributed by atoms with E-state index in [9.17, 15) is 8.78 Å². The Balaban J connectivity index is 1.67. The maximum atomic E-state index is 14.3. The molecule has 0 aromatic heterocycles. The molecule has 0 aliphatic rings. The van der Waals surface area contributed by atoms with Gasteiger partial charge in [0, 0.05) is 5.69 Å². The summed E-state index contributed by atoms with van der Waals surface area (Å²) in [5.74, 6) is 2.33. The van der Waals surface area contributed by atoms with E-state index in [1.165, 1.54) is 23.8 Å². The van der Waals surface area contributed by atoms with Gasteiger partial charge in [0.25, 0.3) is 0 Å². The second-order valence-corrected chi connectivity index (χ2v) is 9.60. The van der Waals surface area contributed by atoms with Crippen LogP contribution in [-0.4, -0.2) is 0 Å². The molecule has 0 bridgehead atoms. The molecule has 0 aliphatic carbocycles. The Bertz CT molecular complexity index is 1090. The van der Waals surface area contributed by atoms with Crippen molar-refractivity contribution in [1.29, 1.82) is 0 Å². The lowest BCUT2D eigenvalue weighted by atomic mass is 9.77. The molecule has 3 aromatic rings. The Morgan fingerprint density at radius 3 is 2.06 bits per heavy atom. The van der Waals surface area contributed by atoms with E-state index in [1.54, 1.807) is 18.2 Å². The Kier molecular flexibility index (Phi) is 7.04. The quantitative estimate of drug-likeness (QED) is 0.375. The monoisotopic (exact) mass is 431 g/mol. The van der Waals surface area contributed by atoms with Gasteiger partial charge in [-0.05, 0) is 84.7 Å². The van der Waals surface area contributed by atoms with Crippen molar-refractivity contribution in [2.75, 3.05) is 5.32 Å². The number of nitrogens with one attached hydrogen (secondary N) is 1. The fraction of sp³-hybridized carbons (Fsp3) is 0.310. The van der Waals surface area contributed by atoms with Crippen LogP contribution in [0.4, 0.5) is 20.2 Å². The zero-order valence-electron chi connectivity index (χ0n) is 19.3. The van der Waals surface area contributed by atoms with Crippen LogP contribution in [0.3, 0.4) is 0 Å². The Morgan fingerprint density at radius 1 is 0.844 bits per heavy atom. The summed E-state index contributed by atoms with van der Waals surface area (Å²) in [6.07, 6.45) is 8.44. The summed E-state index contributed by atoms with van der Waals surface area (Å²) in [5.41, 5.74) is 4.23. The fourth-order valence-electron chi connectivity index (χ4n) is 3.80. The summed E-state index contributed by atoms with van der Waals surface area (Å²) in [6.45, 7) is 8.70. The third-order valence-corrected chi connectivity index (χ3v) is 6.00. The van der Waals surface area contributed by atoms with Crippen LogP contribution in [0.2, 0.25) is 0 Å². The molecule has 1 N–H and O–H groups in total. The van der Waals surface area contributed by atoms with Gasteiger partial charge in [-0.15, -0.1) is 6.42 Å². The summed E-state index contributed by atoms with van der Waals surface area (Å²) in [4.78, 5) is 0. The maximum absolute atomic E-state index is 14.3. The highest BCUT2D eigenvalue weighted by Gasteiger charge is 2.24. The molecule has 3 rings (SSSR count). The Hall–Kier alpha value is -3.12. The van der Waals surface area contributed by atoms with Crippen LogP contribution >= 0.6 is 0 Å². The topological polar surface area (TPSA) is 12.0 Å². The molecule has 0 fully saturated rings. The molecular weight excluding hydrogens is 400 g/mol. The molecule has 166 valence electrons. The van der Waals surface area contributed by atoms with Gasteiger partial charge in [0.05, 0.1) is 11.1 Å². The van der Waals surface area contributed by atoms with E-state index in [0.717, 1.165) is 30.4 Å². The average Bonchev–Trinajstić information content (AvgIpc) is 2.77. The van der Waals surface area contributed by atoms with Crippen molar-refractivity contribution >= 4 is 11.4 Å². The summed E-state index contributed by atoms with van der Waals surface area (Å²) in [6, 6.07) is 19.6. The molecule has 0 aliphatic heterocycles. The number of benzene rings is 3. The normalized spacial score (nSPS) is 13.3. The van der Waals surface area contributed by atoms with Crippen molar-refractivity contribution in [3.05, 3.63) is 95.1 Å². The van der Waals surface area contributed by atoms with Crippen molar-refractivity contribution < 1.29 is 8.78 Å². The minimum absolute atomic E-state index is 0.104. The first kappa shape index (κ1) is 23.5. The van der Waals surface area contributed by atoms with E-state index in [4.69, 9.17) is 6.42 Å². The van der Waals surface area contributed by atoms with Gasteiger partial charge in [0.2, 0.25) is 0 Å². The number of anilines is 2. The van der Waals surface area contributed by atoms with Crippen molar-refractivity contribution in [1.82, 2.24) is 0 Å². The third kappa shape index (κ3) is 5.77.